The molecule has 1 aromatic rings. The zero-order valence-electron chi connectivity index (χ0n) is 16.5. The number of imide groups is 1. The average molecular weight is 417 g/mol. The predicted octanol–water partition coefficient (Wildman–Crippen LogP) is 1.59. The summed E-state index contributed by atoms with van der Waals surface area (Å²) in [5, 5.41) is 2.79. The van der Waals surface area contributed by atoms with Crippen molar-refractivity contribution in [2.45, 2.75) is 0 Å². The van der Waals surface area contributed by atoms with Crippen LogP contribution < -0.4 is 14.8 Å². The van der Waals surface area contributed by atoms with E-state index in [4.69, 9.17) is 9.47 Å². The van der Waals surface area contributed by atoms with E-state index in [0.717, 1.165) is 4.90 Å². The maximum absolute atomic E-state index is 12.6. The Morgan fingerprint density at radius 3 is 2.69 bits per heavy atom. The van der Waals surface area contributed by atoms with Gasteiger partial charge in [0, 0.05) is 16.7 Å². The van der Waals surface area contributed by atoms with E-state index in [-0.39, 0.29) is 17.6 Å². The van der Waals surface area contributed by atoms with Crippen LogP contribution in [0.15, 0.2) is 34.2 Å². The summed E-state index contributed by atoms with van der Waals surface area (Å²) < 4.78 is 11.8. The second-order valence-electron chi connectivity index (χ2n) is 6.28. The number of anilines is 1. The highest BCUT2D eigenvalue weighted by Gasteiger charge is 2.47. The van der Waals surface area contributed by atoms with Crippen LogP contribution >= 0.6 is 11.8 Å². The molecule has 0 spiro atoms. The van der Waals surface area contributed by atoms with Crippen LogP contribution in [0, 0.1) is 5.92 Å². The molecular weight excluding hydrogens is 396 g/mol. The van der Waals surface area contributed by atoms with Crippen LogP contribution in [-0.4, -0.2) is 73.4 Å². The lowest BCUT2D eigenvalue weighted by molar-refractivity contribution is -0.407. The zero-order chi connectivity index (χ0) is 21.1. The van der Waals surface area contributed by atoms with Gasteiger partial charge in [-0.3, -0.25) is 9.59 Å². The number of ether oxygens (including phenoxy) is 2. The van der Waals surface area contributed by atoms with Gasteiger partial charge in [0.05, 0.1) is 34.1 Å². The van der Waals surface area contributed by atoms with Crippen molar-refractivity contribution in [3.8, 4) is 11.5 Å². The minimum absolute atomic E-state index is 0.0897. The van der Waals surface area contributed by atoms with E-state index >= 15 is 0 Å². The lowest BCUT2D eigenvalue weighted by atomic mass is 10.0. The molecule has 0 bridgehead atoms. The van der Waals surface area contributed by atoms with Crippen molar-refractivity contribution < 1.29 is 28.4 Å². The molecule has 9 nitrogen and oxygen atoms in total. The van der Waals surface area contributed by atoms with Gasteiger partial charge in [0.1, 0.15) is 6.21 Å². The van der Waals surface area contributed by atoms with Gasteiger partial charge in [-0.15, -0.1) is 16.8 Å². The minimum Gasteiger partial charge on any atom is -0.493 e. The first-order valence-corrected chi connectivity index (χ1v) is 9.67. The fourth-order valence-corrected chi connectivity index (χ4v) is 3.90. The standard InChI is InChI=1S/C19H20N4O5S/c1-22-17-16(18(25)23(2)19(22)26)14(7-8-20-17)29-10-15(24)21-11-5-6-12(27-3)13(9-11)28-4/h5-9,16H,10H2,1-4H3/p+1. The number of benzene rings is 1. The van der Waals surface area contributed by atoms with Crippen molar-refractivity contribution in [2.75, 3.05) is 39.4 Å². The van der Waals surface area contributed by atoms with E-state index < -0.39 is 11.9 Å². The number of aliphatic imine (C=N–C) groups is 1. The van der Waals surface area contributed by atoms with Crippen molar-refractivity contribution in [1.82, 2.24) is 4.90 Å². The van der Waals surface area contributed by atoms with E-state index in [0.29, 0.717) is 27.9 Å². The smallest absolute Gasteiger partial charge is 0.445 e. The predicted molar refractivity (Wildman–Crippen MR) is 110 cm³/mol. The summed E-state index contributed by atoms with van der Waals surface area (Å²) in [4.78, 5) is 43.0. The molecule has 0 radical (unpaired) electrons. The fraction of sp³-hybridized carbons (Fsp3) is 0.316. The normalized spacial score (nSPS) is 18.4. The number of rotatable bonds is 6. The number of allylic oxidation sites excluding steroid dienone is 1. The molecule has 152 valence electrons. The molecule has 1 aromatic carbocycles. The molecule has 2 aliphatic heterocycles. The Hall–Kier alpha value is -3.14. The SMILES string of the molecule is COc1ccc(NC(=O)CSC2=CC=NC3=[N+](C)C(=O)N(C)C(=O)C23)cc1OC. The van der Waals surface area contributed by atoms with Gasteiger partial charge in [0.25, 0.3) is 5.84 Å². The van der Waals surface area contributed by atoms with E-state index in [1.165, 1.54) is 43.8 Å². The number of urea groups is 1. The van der Waals surface area contributed by atoms with E-state index in [1.54, 1.807) is 31.3 Å². The first-order chi connectivity index (χ1) is 13.9. The Morgan fingerprint density at radius 1 is 1.28 bits per heavy atom. The molecule has 0 fully saturated rings. The van der Waals surface area contributed by atoms with Gasteiger partial charge in [-0.25, -0.2) is 4.79 Å². The van der Waals surface area contributed by atoms with Gasteiger partial charge in [0.2, 0.25) is 5.91 Å². The van der Waals surface area contributed by atoms with Crippen LogP contribution in [0.2, 0.25) is 0 Å². The third-order valence-electron chi connectivity index (χ3n) is 4.52. The van der Waals surface area contributed by atoms with Gasteiger partial charge < -0.3 is 14.8 Å². The minimum atomic E-state index is -0.688. The van der Waals surface area contributed by atoms with Crippen LogP contribution in [0.3, 0.4) is 0 Å². The molecule has 0 saturated heterocycles. The number of dihydropyridines is 1. The molecule has 1 N–H and O–H groups in total. The quantitative estimate of drug-likeness (QED) is 0.706. The molecule has 0 aromatic heterocycles. The first kappa shape index (κ1) is 20.6. The average Bonchev–Trinajstić information content (AvgIpc) is 2.74. The Labute approximate surface area is 172 Å². The third kappa shape index (κ3) is 4.02. The number of carbonyl (C=O) groups excluding carboxylic acids is 3. The summed E-state index contributed by atoms with van der Waals surface area (Å²) in [5.41, 5.74) is 0.568. The van der Waals surface area contributed by atoms with Gasteiger partial charge in [0.15, 0.2) is 17.4 Å². The summed E-state index contributed by atoms with van der Waals surface area (Å²) >= 11 is 1.23. The molecule has 10 heteroatoms. The summed E-state index contributed by atoms with van der Waals surface area (Å²) in [7, 11) is 6.06. The number of amidine groups is 1. The number of nitrogens with one attached hydrogen (secondary N) is 1. The lowest BCUT2D eigenvalue weighted by Crippen LogP contribution is -2.52. The number of fused-ring (bicyclic) bond motifs is 1. The van der Waals surface area contributed by atoms with E-state index in [9.17, 15) is 14.4 Å². The van der Waals surface area contributed by atoms with Crippen LogP contribution in [0.5, 0.6) is 11.5 Å². The van der Waals surface area contributed by atoms with Crippen molar-refractivity contribution in [2.24, 2.45) is 10.9 Å². The monoisotopic (exact) mass is 417 g/mol. The van der Waals surface area contributed by atoms with Crippen LogP contribution in [0.4, 0.5) is 10.5 Å². The van der Waals surface area contributed by atoms with Crippen molar-refractivity contribution >= 4 is 47.3 Å². The summed E-state index contributed by atoms with van der Waals surface area (Å²) in [6.07, 6.45) is 3.22. The van der Waals surface area contributed by atoms with Crippen LogP contribution in [-0.2, 0) is 9.59 Å². The van der Waals surface area contributed by atoms with Crippen LogP contribution in [0.1, 0.15) is 0 Å². The molecule has 3 rings (SSSR count). The topological polar surface area (TPSA) is 100 Å². The van der Waals surface area contributed by atoms with Crippen molar-refractivity contribution in [3.05, 3.63) is 29.2 Å². The number of methoxy groups -OCH3 is 2. The summed E-state index contributed by atoms with van der Waals surface area (Å²) in [5.74, 6) is 0.231. The molecule has 0 aliphatic carbocycles. The largest absolute Gasteiger partial charge is 0.493 e. The Kier molecular flexibility index (Phi) is 6.02. The Morgan fingerprint density at radius 2 is 2.00 bits per heavy atom. The number of carbonyl (C=O) groups is 3. The fourth-order valence-electron chi connectivity index (χ4n) is 3.00. The molecule has 1 unspecified atom stereocenters. The number of thioether (sulfide) groups is 1. The third-order valence-corrected chi connectivity index (χ3v) is 5.63. The lowest BCUT2D eigenvalue weighted by Gasteiger charge is -2.26. The van der Waals surface area contributed by atoms with Crippen LogP contribution in [0.25, 0.3) is 0 Å². The number of amides is 4. The Bertz CT molecular complexity index is 969. The molecule has 4 amide bonds. The molecule has 2 heterocycles. The maximum atomic E-state index is 12.6. The van der Waals surface area contributed by atoms with E-state index in [1.807, 2.05) is 0 Å². The maximum Gasteiger partial charge on any atom is 0.445 e. The highest BCUT2D eigenvalue weighted by atomic mass is 32.2. The molecular formula is C19H21N4O5S+. The molecule has 2 aliphatic rings. The number of hydrogen-bond acceptors (Lipinski definition) is 7. The second-order valence-corrected chi connectivity index (χ2v) is 7.33. The molecule has 29 heavy (non-hydrogen) atoms. The van der Waals surface area contributed by atoms with Gasteiger partial charge in [-0.1, -0.05) is 0 Å². The Balaban J connectivity index is 1.69. The van der Waals surface area contributed by atoms with Gasteiger partial charge in [-0.2, -0.15) is 9.48 Å². The van der Waals surface area contributed by atoms with Crippen molar-refractivity contribution in [3.63, 3.8) is 0 Å². The van der Waals surface area contributed by atoms with Gasteiger partial charge in [-0.05, 0) is 18.2 Å². The second kappa shape index (κ2) is 8.48. The first-order valence-electron chi connectivity index (χ1n) is 8.68. The number of nitrogens with zero attached hydrogens (tertiary/aromatic N) is 3. The van der Waals surface area contributed by atoms with E-state index in [2.05, 4.69) is 10.3 Å². The summed E-state index contributed by atoms with van der Waals surface area (Å²) in [6, 6.07) is 4.64. The molecule has 0 saturated carbocycles. The summed E-state index contributed by atoms with van der Waals surface area (Å²) in [6.45, 7) is 0. The van der Waals surface area contributed by atoms with Gasteiger partial charge >= 0.3 is 11.9 Å². The number of hydrogen-bond donors (Lipinski definition) is 1. The highest BCUT2D eigenvalue weighted by molar-refractivity contribution is 8.03. The molecule has 1 atom stereocenters. The van der Waals surface area contributed by atoms with Crippen molar-refractivity contribution in [1.29, 1.82) is 0 Å². The highest BCUT2D eigenvalue weighted by Crippen LogP contribution is 2.32. The zero-order valence-corrected chi connectivity index (χ0v) is 17.3.